The zero-order valence-corrected chi connectivity index (χ0v) is 22.8. The summed E-state index contributed by atoms with van der Waals surface area (Å²) in [6, 6.07) is 13.1. The fourth-order valence-corrected chi connectivity index (χ4v) is 6.39. The third-order valence-corrected chi connectivity index (χ3v) is 8.83. The van der Waals surface area contributed by atoms with Crippen molar-refractivity contribution in [2.24, 2.45) is 0 Å². The van der Waals surface area contributed by atoms with Crippen LogP contribution in [0.2, 0.25) is 0 Å². The maximum atomic E-state index is 13.6. The largest absolute Gasteiger partial charge is 0.352 e. The minimum atomic E-state index is -0.560. The molecule has 7 nitrogen and oxygen atoms in total. The molecular weight excluding hydrogens is 481 g/mol. The Morgan fingerprint density at radius 1 is 1.11 bits per heavy atom. The van der Waals surface area contributed by atoms with Gasteiger partial charge in [-0.3, -0.25) is 4.79 Å². The number of halogens is 1. The van der Waals surface area contributed by atoms with Crippen LogP contribution in [0, 0.1) is 19.8 Å². The lowest BCUT2D eigenvalue weighted by atomic mass is 9.91. The van der Waals surface area contributed by atoms with Crippen molar-refractivity contribution in [1.82, 2.24) is 25.0 Å². The lowest BCUT2D eigenvalue weighted by Gasteiger charge is -2.41. The number of nitrogens with one attached hydrogen (secondary N) is 1. The summed E-state index contributed by atoms with van der Waals surface area (Å²) in [5, 5.41) is 2.99. The van der Waals surface area contributed by atoms with E-state index in [1.54, 1.807) is 13.8 Å². The molecule has 0 spiro atoms. The highest BCUT2D eigenvalue weighted by Gasteiger charge is 2.46. The molecule has 3 fully saturated rings. The molecule has 1 unspecified atom stereocenters. The number of hydrogen-bond acceptors (Lipinski definition) is 4. The molecule has 204 valence electrons. The molecular formula is C30H40FN5O2. The lowest BCUT2D eigenvalue weighted by molar-refractivity contribution is 0.0871. The Kier molecular flexibility index (Phi) is 7.98. The van der Waals surface area contributed by atoms with Gasteiger partial charge in [0.2, 0.25) is 5.95 Å². The molecule has 1 N–H and O–H groups in total. The second-order valence-electron chi connectivity index (χ2n) is 11.2. The van der Waals surface area contributed by atoms with Crippen LogP contribution >= 0.6 is 0 Å². The average molecular weight is 522 g/mol. The Labute approximate surface area is 225 Å². The van der Waals surface area contributed by atoms with Gasteiger partial charge in [0, 0.05) is 44.3 Å². The summed E-state index contributed by atoms with van der Waals surface area (Å²) in [5.74, 6) is -0.760. The van der Waals surface area contributed by atoms with E-state index in [9.17, 15) is 14.0 Å². The topological polar surface area (TPSA) is 68.8 Å². The maximum absolute atomic E-state index is 13.6. The number of pyridine rings is 1. The predicted molar refractivity (Wildman–Crippen MR) is 145 cm³/mol. The van der Waals surface area contributed by atoms with Crippen molar-refractivity contribution in [2.45, 2.75) is 83.5 Å². The number of aromatic nitrogens is 1. The third-order valence-electron chi connectivity index (χ3n) is 8.83. The molecule has 1 aromatic carbocycles. The normalized spacial score (nSPS) is 22.0. The molecule has 2 aromatic rings. The van der Waals surface area contributed by atoms with Crippen LogP contribution in [0.25, 0.3) is 0 Å². The van der Waals surface area contributed by atoms with E-state index < -0.39 is 5.95 Å². The first-order valence-corrected chi connectivity index (χ1v) is 14.1. The quantitative estimate of drug-likeness (QED) is 0.505. The molecule has 1 aromatic heterocycles. The number of piperidine rings is 1. The molecule has 5 rings (SSSR count). The van der Waals surface area contributed by atoms with Gasteiger partial charge in [0.1, 0.15) is 0 Å². The highest BCUT2D eigenvalue weighted by atomic mass is 19.1. The lowest BCUT2D eigenvalue weighted by Crippen LogP contribution is -2.50. The predicted octanol–water partition coefficient (Wildman–Crippen LogP) is 4.84. The van der Waals surface area contributed by atoms with Crippen LogP contribution in [-0.2, 0) is 0 Å². The molecule has 3 aliphatic rings. The van der Waals surface area contributed by atoms with Crippen molar-refractivity contribution in [2.75, 3.05) is 26.2 Å². The van der Waals surface area contributed by atoms with E-state index in [4.69, 9.17) is 0 Å². The fraction of sp³-hybridized carbons (Fsp3) is 0.567. The molecule has 3 heterocycles. The molecule has 0 bridgehead atoms. The van der Waals surface area contributed by atoms with E-state index in [1.165, 1.54) is 18.1 Å². The van der Waals surface area contributed by atoms with Gasteiger partial charge in [0.05, 0.1) is 17.3 Å². The van der Waals surface area contributed by atoms with Crippen LogP contribution in [-0.4, -0.2) is 75.9 Å². The number of carbonyl (C=O) groups is 2. The van der Waals surface area contributed by atoms with Crippen LogP contribution < -0.4 is 5.32 Å². The Balaban J connectivity index is 1.15. The summed E-state index contributed by atoms with van der Waals surface area (Å²) in [6.07, 6.45) is 6.23. The first kappa shape index (κ1) is 26.6. The minimum Gasteiger partial charge on any atom is -0.352 e. The highest BCUT2D eigenvalue weighted by molar-refractivity contribution is 5.96. The van der Waals surface area contributed by atoms with Gasteiger partial charge in [-0.15, -0.1) is 0 Å². The summed E-state index contributed by atoms with van der Waals surface area (Å²) in [7, 11) is 0. The molecule has 1 aliphatic carbocycles. The molecule has 1 saturated carbocycles. The summed E-state index contributed by atoms with van der Waals surface area (Å²) >= 11 is 0. The zero-order valence-electron chi connectivity index (χ0n) is 22.8. The average Bonchev–Trinajstić information content (AvgIpc) is 3.19. The monoisotopic (exact) mass is 521 g/mol. The zero-order chi connectivity index (χ0) is 26.8. The van der Waals surface area contributed by atoms with Crippen molar-refractivity contribution in [3.63, 3.8) is 0 Å². The first-order chi connectivity index (χ1) is 18.3. The number of rotatable bonds is 8. The number of carbonyl (C=O) groups excluding carboxylic acids is 2. The molecule has 2 saturated heterocycles. The van der Waals surface area contributed by atoms with Gasteiger partial charge < -0.3 is 20.0 Å². The van der Waals surface area contributed by atoms with Gasteiger partial charge in [-0.05, 0) is 76.5 Å². The van der Waals surface area contributed by atoms with Gasteiger partial charge in [0.25, 0.3) is 5.91 Å². The van der Waals surface area contributed by atoms with Gasteiger partial charge in [-0.25, -0.2) is 9.78 Å². The van der Waals surface area contributed by atoms with Crippen molar-refractivity contribution in [3.05, 3.63) is 64.7 Å². The van der Waals surface area contributed by atoms with Crippen LogP contribution in [0.15, 0.2) is 36.4 Å². The van der Waals surface area contributed by atoms with E-state index in [-0.39, 0.29) is 24.0 Å². The number of urea groups is 1. The van der Waals surface area contributed by atoms with Crippen LogP contribution in [0.3, 0.4) is 0 Å². The van der Waals surface area contributed by atoms with Gasteiger partial charge in [0.15, 0.2) is 0 Å². The van der Waals surface area contributed by atoms with E-state index in [1.807, 2.05) is 6.07 Å². The van der Waals surface area contributed by atoms with Gasteiger partial charge in [-0.2, -0.15) is 4.39 Å². The third kappa shape index (κ3) is 5.41. The van der Waals surface area contributed by atoms with Gasteiger partial charge >= 0.3 is 6.03 Å². The Morgan fingerprint density at radius 3 is 2.45 bits per heavy atom. The standard InChI is InChI=1S/C30H40FN5O2/c1-20-18-27(31)33-22(3)28(20)29(37)32-15-12-21(2)34-16-13-25(14-17-34)36-26(23-8-5-4-6-9-23)19-35(30(36)38)24-10-7-11-24/h4-6,8-9,18,21,24-26H,7,10-17,19H2,1-3H3,(H,32,37)/t21?,26-/m0/s1. The summed E-state index contributed by atoms with van der Waals surface area (Å²) in [4.78, 5) is 36.9. The van der Waals surface area contributed by atoms with E-state index >= 15 is 0 Å². The second-order valence-corrected chi connectivity index (χ2v) is 11.2. The molecule has 8 heteroatoms. The Bertz CT molecular complexity index is 1120. The smallest absolute Gasteiger partial charge is 0.321 e. The fourth-order valence-electron chi connectivity index (χ4n) is 6.39. The number of amides is 3. The molecule has 38 heavy (non-hydrogen) atoms. The van der Waals surface area contributed by atoms with Crippen molar-refractivity contribution >= 4 is 11.9 Å². The van der Waals surface area contributed by atoms with Crippen molar-refractivity contribution < 1.29 is 14.0 Å². The molecule has 2 atom stereocenters. The number of likely N-dealkylation sites (tertiary alicyclic amines) is 1. The Hall–Kier alpha value is -3.00. The molecule has 2 aliphatic heterocycles. The van der Waals surface area contributed by atoms with E-state index in [0.717, 1.165) is 51.7 Å². The molecule has 0 radical (unpaired) electrons. The molecule has 3 amide bonds. The SMILES string of the molecule is Cc1cc(F)nc(C)c1C(=O)NCCC(C)N1CCC(N2C(=O)N(C3CCC3)C[C@H]2c2ccccc2)CC1. The van der Waals surface area contributed by atoms with Gasteiger partial charge in [-0.1, -0.05) is 30.3 Å². The summed E-state index contributed by atoms with van der Waals surface area (Å²) in [6.45, 7) is 8.83. The maximum Gasteiger partial charge on any atom is 0.321 e. The van der Waals surface area contributed by atoms with Crippen LogP contribution in [0.4, 0.5) is 9.18 Å². The van der Waals surface area contributed by atoms with Crippen molar-refractivity contribution in [3.8, 4) is 0 Å². The van der Waals surface area contributed by atoms with Crippen LogP contribution in [0.5, 0.6) is 0 Å². The van der Waals surface area contributed by atoms with Crippen LogP contribution in [0.1, 0.15) is 78.7 Å². The summed E-state index contributed by atoms with van der Waals surface area (Å²) in [5.41, 5.74) is 2.70. The second kappa shape index (κ2) is 11.4. The number of nitrogens with zero attached hydrogens (tertiary/aromatic N) is 4. The number of hydrogen-bond donors (Lipinski definition) is 1. The number of benzene rings is 1. The van der Waals surface area contributed by atoms with E-state index in [2.05, 4.69) is 56.2 Å². The van der Waals surface area contributed by atoms with E-state index in [0.29, 0.717) is 35.4 Å². The summed E-state index contributed by atoms with van der Waals surface area (Å²) < 4.78 is 13.5. The van der Waals surface area contributed by atoms with Crippen molar-refractivity contribution in [1.29, 1.82) is 0 Å². The number of aryl methyl sites for hydroxylation is 2. The highest BCUT2D eigenvalue weighted by Crippen LogP contribution is 2.39. The Morgan fingerprint density at radius 2 is 1.82 bits per heavy atom. The minimum absolute atomic E-state index is 0.126. The first-order valence-electron chi connectivity index (χ1n) is 14.1.